The lowest BCUT2D eigenvalue weighted by Crippen LogP contribution is -2.45. The van der Waals surface area contributed by atoms with Crippen molar-refractivity contribution in [3.63, 3.8) is 0 Å². The Balaban J connectivity index is 1.48. The van der Waals surface area contributed by atoms with E-state index in [4.69, 9.17) is 9.47 Å². The zero-order valence-electron chi connectivity index (χ0n) is 13.8. The molecule has 7 nitrogen and oxygen atoms in total. The van der Waals surface area contributed by atoms with Crippen molar-refractivity contribution in [3.05, 3.63) is 42.2 Å². The number of anilines is 3. The van der Waals surface area contributed by atoms with Crippen LogP contribution in [0.4, 0.5) is 17.3 Å². The Hall–Kier alpha value is -2.69. The summed E-state index contributed by atoms with van der Waals surface area (Å²) in [4.78, 5) is 10.9. The van der Waals surface area contributed by atoms with Crippen LogP contribution in [0.2, 0.25) is 0 Å². The fourth-order valence-electron chi connectivity index (χ4n) is 3.28. The van der Waals surface area contributed by atoms with Gasteiger partial charge in [0.2, 0.25) is 0 Å². The van der Waals surface area contributed by atoms with Crippen molar-refractivity contribution in [1.82, 2.24) is 9.97 Å². The minimum absolute atomic E-state index is 0.393. The smallest absolute Gasteiger partial charge is 0.171 e. The van der Waals surface area contributed by atoms with Gasteiger partial charge in [0.05, 0.1) is 24.5 Å². The third-order valence-corrected chi connectivity index (χ3v) is 4.63. The molecule has 128 valence electrons. The van der Waals surface area contributed by atoms with E-state index in [1.165, 1.54) is 0 Å². The van der Waals surface area contributed by atoms with Crippen LogP contribution in [0.15, 0.2) is 36.7 Å². The van der Waals surface area contributed by atoms with E-state index >= 15 is 0 Å². The van der Waals surface area contributed by atoms with E-state index in [0.717, 1.165) is 37.4 Å². The average Bonchev–Trinajstić information content (AvgIpc) is 3.11. The van der Waals surface area contributed by atoms with Crippen molar-refractivity contribution in [2.45, 2.75) is 18.6 Å². The van der Waals surface area contributed by atoms with Crippen LogP contribution in [0, 0.1) is 11.3 Å². The van der Waals surface area contributed by atoms with Crippen LogP contribution in [0.5, 0.6) is 0 Å². The summed E-state index contributed by atoms with van der Waals surface area (Å²) >= 11 is 0. The SMILES string of the molecule is N#Cc1ccccc1Nc1cc(N2CCC3(CC2)OCCO3)ncn1. The molecule has 0 amide bonds. The number of para-hydroxylation sites is 1. The molecule has 7 heteroatoms. The monoisotopic (exact) mass is 337 g/mol. The lowest BCUT2D eigenvalue weighted by atomic mass is 10.0. The van der Waals surface area contributed by atoms with Gasteiger partial charge in [-0.25, -0.2) is 9.97 Å². The molecule has 4 rings (SSSR count). The molecular formula is C18H19N5O2. The number of hydrogen-bond acceptors (Lipinski definition) is 7. The molecule has 2 aliphatic rings. The molecule has 2 aromatic rings. The molecule has 1 spiro atoms. The molecular weight excluding hydrogens is 318 g/mol. The first-order valence-corrected chi connectivity index (χ1v) is 8.39. The number of nitrogens with one attached hydrogen (secondary N) is 1. The molecule has 3 heterocycles. The zero-order chi connectivity index (χ0) is 17.1. The van der Waals surface area contributed by atoms with Crippen molar-refractivity contribution < 1.29 is 9.47 Å². The van der Waals surface area contributed by atoms with Gasteiger partial charge in [-0.3, -0.25) is 0 Å². The Morgan fingerprint density at radius 2 is 1.88 bits per heavy atom. The Morgan fingerprint density at radius 1 is 1.12 bits per heavy atom. The van der Waals surface area contributed by atoms with E-state index < -0.39 is 5.79 Å². The molecule has 0 radical (unpaired) electrons. The highest BCUT2D eigenvalue weighted by Gasteiger charge is 2.40. The Morgan fingerprint density at radius 3 is 2.64 bits per heavy atom. The number of ether oxygens (including phenoxy) is 2. The van der Waals surface area contributed by atoms with Gasteiger partial charge in [-0.15, -0.1) is 0 Å². The van der Waals surface area contributed by atoms with Crippen LogP contribution in [-0.4, -0.2) is 42.1 Å². The van der Waals surface area contributed by atoms with E-state index in [9.17, 15) is 5.26 Å². The molecule has 2 saturated heterocycles. The molecule has 1 N–H and O–H groups in total. The number of nitrogens with zero attached hydrogens (tertiary/aromatic N) is 4. The normalized spacial score (nSPS) is 18.9. The Kier molecular flexibility index (Phi) is 4.22. The second-order valence-electron chi connectivity index (χ2n) is 6.14. The summed E-state index contributed by atoms with van der Waals surface area (Å²) in [5.74, 6) is 1.14. The second kappa shape index (κ2) is 6.67. The Labute approximate surface area is 146 Å². The van der Waals surface area contributed by atoms with Crippen LogP contribution in [0.3, 0.4) is 0 Å². The molecule has 1 aromatic carbocycles. The third-order valence-electron chi connectivity index (χ3n) is 4.63. The first kappa shape index (κ1) is 15.8. The van der Waals surface area contributed by atoms with Crippen molar-refractivity contribution in [1.29, 1.82) is 5.26 Å². The summed E-state index contributed by atoms with van der Waals surface area (Å²) < 4.78 is 11.5. The molecule has 0 atom stereocenters. The summed E-state index contributed by atoms with van der Waals surface area (Å²) in [6.07, 6.45) is 3.20. The van der Waals surface area contributed by atoms with Crippen LogP contribution < -0.4 is 10.2 Å². The van der Waals surface area contributed by atoms with E-state index in [0.29, 0.717) is 24.6 Å². The molecule has 2 fully saturated rings. The van der Waals surface area contributed by atoms with Crippen LogP contribution >= 0.6 is 0 Å². The molecule has 1 aromatic heterocycles. The summed E-state index contributed by atoms with van der Waals surface area (Å²) in [7, 11) is 0. The van der Waals surface area contributed by atoms with Crippen LogP contribution in [-0.2, 0) is 9.47 Å². The first-order chi connectivity index (χ1) is 12.3. The standard InChI is InChI=1S/C18H19N5O2/c19-12-14-3-1-2-4-15(14)22-16-11-17(21-13-20-16)23-7-5-18(6-8-23)24-9-10-25-18/h1-4,11,13H,5-10H2,(H,20,21,22). The maximum atomic E-state index is 9.20. The maximum absolute atomic E-state index is 9.20. The van der Waals surface area contributed by atoms with Gasteiger partial charge in [0.15, 0.2) is 5.79 Å². The van der Waals surface area contributed by atoms with E-state index in [1.807, 2.05) is 24.3 Å². The van der Waals surface area contributed by atoms with Crippen LogP contribution in [0.25, 0.3) is 0 Å². The fraction of sp³-hybridized carbons (Fsp3) is 0.389. The topological polar surface area (TPSA) is 83.3 Å². The molecule has 0 saturated carbocycles. The average molecular weight is 337 g/mol. The van der Waals surface area contributed by atoms with Gasteiger partial charge in [0, 0.05) is 32.0 Å². The quantitative estimate of drug-likeness (QED) is 0.921. The molecule has 25 heavy (non-hydrogen) atoms. The highest BCUT2D eigenvalue weighted by atomic mass is 16.7. The van der Waals surface area contributed by atoms with Crippen molar-refractivity contribution in [2.75, 3.05) is 36.5 Å². The summed E-state index contributed by atoms with van der Waals surface area (Å²) in [6, 6.07) is 11.4. The van der Waals surface area contributed by atoms with Gasteiger partial charge in [-0.1, -0.05) is 12.1 Å². The summed E-state index contributed by atoms with van der Waals surface area (Å²) in [5.41, 5.74) is 1.32. The maximum Gasteiger partial charge on any atom is 0.171 e. The first-order valence-electron chi connectivity index (χ1n) is 8.39. The van der Waals surface area contributed by atoms with Crippen LogP contribution in [0.1, 0.15) is 18.4 Å². The second-order valence-corrected chi connectivity index (χ2v) is 6.14. The van der Waals surface area contributed by atoms with E-state index in [2.05, 4.69) is 26.3 Å². The van der Waals surface area contributed by atoms with Gasteiger partial charge in [-0.2, -0.15) is 5.26 Å². The van der Waals surface area contributed by atoms with Gasteiger partial charge in [0.1, 0.15) is 24.0 Å². The summed E-state index contributed by atoms with van der Waals surface area (Å²) in [6.45, 7) is 3.01. The van der Waals surface area contributed by atoms with Crippen molar-refractivity contribution in [2.24, 2.45) is 0 Å². The highest BCUT2D eigenvalue weighted by Crippen LogP contribution is 2.33. The van der Waals surface area contributed by atoms with Crippen molar-refractivity contribution >= 4 is 17.3 Å². The van der Waals surface area contributed by atoms with Crippen molar-refractivity contribution in [3.8, 4) is 6.07 Å². The predicted molar refractivity (Wildman–Crippen MR) is 92.6 cm³/mol. The number of hydrogen-bond donors (Lipinski definition) is 1. The fourth-order valence-corrected chi connectivity index (χ4v) is 3.28. The van der Waals surface area contributed by atoms with E-state index in [1.54, 1.807) is 12.4 Å². The molecule has 0 bridgehead atoms. The lowest BCUT2D eigenvalue weighted by molar-refractivity contribution is -0.169. The molecule has 0 unspecified atom stereocenters. The van der Waals surface area contributed by atoms with Gasteiger partial charge in [0.25, 0.3) is 0 Å². The number of rotatable bonds is 3. The van der Waals surface area contributed by atoms with Gasteiger partial charge >= 0.3 is 0 Å². The minimum atomic E-state index is -0.393. The number of benzene rings is 1. The molecule has 2 aliphatic heterocycles. The summed E-state index contributed by atoms with van der Waals surface area (Å²) in [5, 5.41) is 12.4. The van der Waals surface area contributed by atoms with Gasteiger partial charge in [-0.05, 0) is 12.1 Å². The lowest BCUT2D eigenvalue weighted by Gasteiger charge is -2.38. The van der Waals surface area contributed by atoms with E-state index in [-0.39, 0.29) is 0 Å². The zero-order valence-corrected chi connectivity index (χ0v) is 13.8. The highest BCUT2D eigenvalue weighted by molar-refractivity contribution is 5.65. The van der Waals surface area contributed by atoms with Gasteiger partial charge < -0.3 is 19.7 Å². The largest absolute Gasteiger partial charge is 0.356 e. The third kappa shape index (κ3) is 3.27. The number of aromatic nitrogens is 2. The Bertz CT molecular complexity index is 788. The molecule has 0 aliphatic carbocycles. The predicted octanol–water partition coefficient (Wildman–Crippen LogP) is 2.44. The number of nitriles is 1. The number of piperidine rings is 1. The minimum Gasteiger partial charge on any atom is -0.356 e.